The summed E-state index contributed by atoms with van der Waals surface area (Å²) < 4.78 is 9.25. The second-order valence-electron chi connectivity index (χ2n) is 8.58. The molecule has 0 amide bonds. The van der Waals surface area contributed by atoms with E-state index in [-0.39, 0.29) is 5.92 Å². The van der Waals surface area contributed by atoms with E-state index in [4.69, 9.17) is 20.6 Å². The van der Waals surface area contributed by atoms with Gasteiger partial charge in [-0.25, -0.2) is 9.97 Å². The Labute approximate surface area is 179 Å². The van der Waals surface area contributed by atoms with E-state index in [9.17, 15) is 0 Å². The van der Waals surface area contributed by atoms with Crippen LogP contribution in [0, 0.1) is 0 Å². The van der Waals surface area contributed by atoms with Crippen LogP contribution in [0.25, 0.3) is 16.6 Å². The number of nitrogen functional groups attached to an aromatic ring is 1. The zero-order valence-electron chi connectivity index (χ0n) is 17.6. The standard InChI is InChI=1S/C22H26N8O/c1-31-18-9-3-8-17-19(18)25-22(23)30-21(17)26-20(27-30)14-5-4-10-28(12-14)16-11-24-29(13-16)15-6-2-7-15/h3,8-9,11,13-15H,2,4-7,10,12H2,1H3,(H2,23,25)/t14-/m1/s1. The number of hydrogen-bond acceptors (Lipinski definition) is 7. The summed E-state index contributed by atoms with van der Waals surface area (Å²) >= 11 is 0. The lowest BCUT2D eigenvalue weighted by Crippen LogP contribution is -2.34. The smallest absolute Gasteiger partial charge is 0.223 e. The first-order valence-electron chi connectivity index (χ1n) is 11.0. The Bertz CT molecular complexity index is 1260. The lowest BCUT2D eigenvalue weighted by Gasteiger charge is -2.32. The van der Waals surface area contributed by atoms with Gasteiger partial charge in [0, 0.05) is 30.6 Å². The summed E-state index contributed by atoms with van der Waals surface area (Å²) in [5.74, 6) is 2.06. The van der Waals surface area contributed by atoms with Gasteiger partial charge in [0.05, 0.1) is 25.0 Å². The molecular formula is C22H26N8O. The Hall–Kier alpha value is -3.36. The van der Waals surface area contributed by atoms with E-state index in [0.29, 0.717) is 23.3 Å². The van der Waals surface area contributed by atoms with E-state index in [0.717, 1.165) is 42.8 Å². The Morgan fingerprint density at radius 1 is 1.13 bits per heavy atom. The number of nitrogens with two attached hydrogens (primary N) is 1. The van der Waals surface area contributed by atoms with Crippen LogP contribution < -0.4 is 15.4 Å². The molecule has 4 aromatic rings. The van der Waals surface area contributed by atoms with Crippen molar-refractivity contribution < 1.29 is 4.74 Å². The predicted octanol–water partition coefficient (Wildman–Crippen LogP) is 3.17. The molecule has 160 valence electrons. The minimum absolute atomic E-state index is 0.237. The van der Waals surface area contributed by atoms with Crippen molar-refractivity contribution in [2.75, 3.05) is 30.8 Å². The minimum Gasteiger partial charge on any atom is -0.494 e. The van der Waals surface area contributed by atoms with Gasteiger partial charge in [0.2, 0.25) is 5.95 Å². The number of hydrogen-bond donors (Lipinski definition) is 1. The summed E-state index contributed by atoms with van der Waals surface area (Å²) in [5, 5.41) is 10.3. The maximum Gasteiger partial charge on any atom is 0.223 e. The fourth-order valence-electron chi connectivity index (χ4n) is 4.74. The van der Waals surface area contributed by atoms with Gasteiger partial charge in [-0.15, -0.1) is 5.10 Å². The Morgan fingerprint density at radius 2 is 2.03 bits per heavy atom. The predicted molar refractivity (Wildman–Crippen MR) is 119 cm³/mol. The summed E-state index contributed by atoms with van der Waals surface area (Å²) in [4.78, 5) is 11.8. The second kappa shape index (κ2) is 7.11. The van der Waals surface area contributed by atoms with Gasteiger partial charge in [-0.05, 0) is 44.2 Å². The number of anilines is 2. The molecular weight excluding hydrogens is 392 g/mol. The number of benzene rings is 1. The fraction of sp³-hybridized carbons (Fsp3) is 0.455. The van der Waals surface area contributed by atoms with E-state index >= 15 is 0 Å². The minimum atomic E-state index is 0.237. The third kappa shape index (κ3) is 2.98. The van der Waals surface area contributed by atoms with Gasteiger partial charge >= 0.3 is 0 Å². The average molecular weight is 419 g/mol. The van der Waals surface area contributed by atoms with E-state index in [2.05, 4.69) is 25.9 Å². The number of rotatable bonds is 4. The number of fused-ring (bicyclic) bond motifs is 3. The highest BCUT2D eigenvalue weighted by Crippen LogP contribution is 2.34. The van der Waals surface area contributed by atoms with Crippen LogP contribution in [-0.2, 0) is 0 Å². The molecule has 9 heteroatoms. The summed E-state index contributed by atoms with van der Waals surface area (Å²) in [6, 6.07) is 6.39. The first-order valence-corrected chi connectivity index (χ1v) is 11.0. The van der Waals surface area contributed by atoms with Crippen molar-refractivity contribution in [3.8, 4) is 5.75 Å². The van der Waals surface area contributed by atoms with Gasteiger partial charge in [0.25, 0.3) is 0 Å². The van der Waals surface area contributed by atoms with Crippen molar-refractivity contribution in [2.24, 2.45) is 0 Å². The molecule has 0 unspecified atom stereocenters. The number of aromatic nitrogens is 6. The molecule has 1 saturated carbocycles. The Kier molecular flexibility index (Phi) is 4.22. The van der Waals surface area contributed by atoms with Crippen molar-refractivity contribution in [3.05, 3.63) is 36.4 Å². The topological polar surface area (TPSA) is 99.4 Å². The molecule has 0 radical (unpaired) electrons. The maximum atomic E-state index is 6.23. The average Bonchev–Trinajstić information content (AvgIpc) is 3.41. The highest BCUT2D eigenvalue weighted by atomic mass is 16.5. The van der Waals surface area contributed by atoms with Crippen molar-refractivity contribution in [3.63, 3.8) is 0 Å². The summed E-state index contributed by atoms with van der Waals surface area (Å²) in [5.41, 5.74) is 8.86. The third-order valence-corrected chi connectivity index (χ3v) is 6.72. The molecule has 0 bridgehead atoms. The Balaban J connectivity index is 1.33. The van der Waals surface area contributed by atoms with Crippen molar-refractivity contribution in [2.45, 2.75) is 44.1 Å². The lowest BCUT2D eigenvalue weighted by atomic mass is 9.93. The van der Waals surface area contributed by atoms with Crippen LogP contribution in [-0.4, -0.2) is 49.6 Å². The van der Waals surface area contributed by atoms with Gasteiger partial charge in [-0.1, -0.05) is 6.07 Å². The van der Waals surface area contributed by atoms with E-state index < -0.39 is 0 Å². The lowest BCUT2D eigenvalue weighted by molar-refractivity contribution is 0.289. The molecule has 9 nitrogen and oxygen atoms in total. The fourth-order valence-corrected chi connectivity index (χ4v) is 4.74. The van der Waals surface area contributed by atoms with Crippen LogP contribution in [0.2, 0.25) is 0 Å². The van der Waals surface area contributed by atoms with Crippen LogP contribution in [0.1, 0.15) is 49.9 Å². The molecule has 2 fully saturated rings. The quantitative estimate of drug-likeness (QED) is 0.543. The number of piperidine rings is 1. The van der Waals surface area contributed by atoms with Gasteiger partial charge in [-0.3, -0.25) is 4.68 Å². The van der Waals surface area contributed by atoms with Crippen molar-refractivity contribution in [1.29, 1.82) is 0 Å². The molecule has 1 aliphatic carbocycles. The van der Waals surface area contributed by atoms with E-state index in [1.807, 2.05) is 24.4 Å². The number of para-hydroxylation sites is 1. The molecule has 3 aromatic heterocycles. The van der Waals surface area contributed by atoms with Crippen LogP contribution >= 0.6 is 0 Å². The molecule has 1 aliphatic heterocycles. The molecule has 6 rings (SSSR count). The molecule has 2 N–H and O–H groups in total. The Morgan fingerprint density at radius 3 is 2.84 bits per heavy atom. The van der Waals surface area contributed by atoms with Crippen molar-refractivity contribution in [1.82, 2.24) is 29.4 Å². The van der Waals surface area contributed by atoms with E-state index in [1.165, 1.54) is 24.9 Å². The molecule has 4 heterocycles. The normalized spacial score (nSPS) is 19.8. The van der Waals surface area contributed by atoms with Crippen LogP contribution in [0.3, 0.4) is 0 Å². The van der Waals surface area contributed by atoms with Gasteiger partial charge in [0.15, 0.2) is 11.5 Å². The molecule has 31 heavy (non-hydrogen) atoms. The van der Waals surface area contributed by atoms with Crippen LogP contribution in [0.5, 0.6) is 5.75 Å². The SMILES string of the molecule is COc1cccc2c1nc(N)n1nc([C@@H]3CCCN(c4cnn(C5CCC5)c4)C3)nc21. The van der Waals surface area contributed by atoms with Gasteiger partial charge in [-0.2, -0.15) is 9.61 Å². The zero-order valence-corrected chi connectivity index (χ0v) is 17.6. The summed E-state index contributed by atoms with van der Waals surface area (Å²) in [6.07, 6.45) is 10.1. The van der Waals surface area contributed by atoms with Gasteiger partial charge < -0.3 is 15.4 Å². The monoisotopic (exact) mass is 418 g/mol. The maximum absolute atomic E-state index is 6.23. The number of methoxy groups -OCH3 is 1. The number of ether oxygens (including phenoxy) is 1. The summed E-state index contributed by atoms with van der Waals surface area (Å²) in [6.45, 7) is 1.91. The molecule has 1 atom stereocenters. The third-order valence-electron chi connectivity index (χ3n) is 6.72. The second-order valence-corrected chi connectivity index (χ2v) is 8.58. The highest BCUT2D eigenvalue weighted by Gasteiger charge is 2.28. The largest absolute Gasteiger partial charge is 0.494 e. The van der Waals surface area contributed by atoms with Crippen molar-refractivity contribution >= 4 is 28.2 Å². The number of nitrogens with zero attached hydrogens (tertiary/aromatic N) is 7. The molecule has 1 saturated heterocycles. The molecule has 1 aromatic carbocycles. The first kappa shape index (κ1) is 18.4. The van der Waals surface area contributed by atoms with E-state index in [1.54, 1.807) is 11.6 Å². The van der Waals surface area contributed by atoms with Gasteiger partial charge in [0.1, 0.15) is 11.3 Å². The highest BCUT2D eigenvalue weighted by molar-refractivity contribution is 5.95. The molecule has 2 aliphatic rings. The molecule has 0 spiro atoms. The van der Waals surface area contributed by atoms with Crippen LogP contribution in [0.15, 0.2) is 30.6 Å². The first-order chi connectivity index (χ1) is 15.2. The zero-order chi connectivity index (χ0) is 20.9. The van der Waals surface area contributed by atoms with Crippen LogP contribution in [0.4, 0.5) is 11.6 Å². The summed E-state index contributed by atoms with van der Waals surface area (Å²) in [7, 11) is 1.63.